The van der Waals surface area contributed by atoms with Crippen molar-refractivity contribution in [3.8, 4) is 6.07 Å². The molecule has 102 valence electrons. The van der Waals surface area contributed by atoms with Crippen LogP contribution in [0.3, 0.4) is 0 Å². The fourth-order valence-corrected chi connectivity index (χ4v) is 1.79. The molecule has 1 rings (SSSR count). The van der Waals surface area contributed by atoms with Crippen molar-refractivity contribution >= 4 is 11.5 Å². The normalized spacial score (nSPS) is 11.6. The first-order valence-corrected chi connectivity index (χ1v) is 6.40. The Morgan fingerprint density at radius 1 is 1.53 bits per heavy atom. The average molecular weight is 262 g/mol. The molecule has 1 N–H and O–H groups in total. The van der Waals surface area contributed by atoms with Gasteiger partial charge >= 0.3 is 5.69 Å². The van der Waals surface area contributed by atoms with Gasteiger partial charge in [0.25, 0.3) is 0 Å². The molecule has 0 fully saturated rings. The highest BCUT2D eigenvalue weighted by molar-refractivity contribution is 5.50. The lowest BCUT2D eigenvalue weighted by molar-refractivity contribution is -0.385. The highest BCUT2D eigenvalue weighted by Crippen LogP contribution is 2.19. The smallest absolute Gasteiger partial charge is 0.305 e. The van der Waals surface area contributed by atoms with Crippen LogP contribution in [0.1, 0.15) is 45.2 Å². The molecular weight excluding hydrogens is 244 g/mol. The summed E-state index contributed by atoms with van der Waals surface area (Å²) < 4.78 is 0. The number of nitriles is 1. The zero-order valence-electron chi connectivity index (χ0n) is 11.2. The summed E-state index contributed by atoms with van der Waals surface area (Å²) in [6.45, 7) is 4.18. The van der Waals surface area contributed by atoms with Crippen molar-refractivity contribution in [3.63, 3.8) is 0 Å². The Morgan fingerprint density at radius 2 is 2.26 bits per heavy atom. The molecule has 0 saturated heterocycles. The molecule has 1 unspecified atom stereocenters. The molecule has 6 nitrogen and oxygen atoms in total. The van der Waals surface area contributed by atoms with E-state index in [9.17, 15) is 10.1 Å². The van der Waals surface area contributed by atoms with Crippen molar-refractivity contribution < 1.29 is 4.92 Å². The first-order valence-electron chi connectivity index (χ1n) is 6.40. The second-order valence-corrected chi connectivity index (χ2v) is 4.47. The van der Waals surface area contributed by atoms with E-state index in [0.717, 1.165) is 12.8 Å². The number of aromatic nitrogens is 1. The van der Waals surface area contributed by atoms with Crippen LogP contribution < -0.4 is 5.32 Å². The molecule has 0 spiro atoms. The maximum Gasteiger partial charge on any atom is 0.305 e. The SMILES string of the molecule is CCCCCC(C)Nc1ccc([N+](=O)[O-])c(C#N)n1. The van der Waals surface area contributed by atoms with Gasteiger partial charge in [0.1, 0.15) is 11.9 Å². The van der Waals surface area contributed by atoms with Crippen LogP contribution in [0, 0.1) is 21.4 Å². The van der Waals surface area contributed by atoms with E-state index in [0.29, 0.717) is 5.82 Å². The Labute approximate surface area is 112 Å². The first-order chi connectivity index (χ1) is 9.08. The van der Waals surface area contributed by atoms with Crippen LogP contribution in [0.25, 0.3) is 0 Å². The third-order valence-electron chi connectivity index (χ3n) is 2.81. The number of nitro groups is 1. The molecule has 1 atom stereocenters. The summed E-state index contributed by atoms with van der Waals surface area (Å²) in [7, 11) is 0. The summed E-state index contributed by atoms with van der Waals surface area (Å²) in [6, 6.07) is 4.83. The van der Waals surface area contributed by atoms with Crippen LogP contribution >= 0.6 is 0 Å². The predicted octanol–water partition coefficient (Wildman–Crippen LogP) is 3.24. The molecule has 0 radical (unpaired) electrons. The topological polar surface area (TPSA) is 91.9 Å². The molecule has 0 aliphatic heterocycles. The van der Waals surface area contributed by atoms with Crippen molar-refractivity contribution in [2.24, 2.45) is 0 Å². The van der Waals surface area contributed by atoms with Crippen molar-refractivity contribution in [3.05, 3.63) is 27.9 Å². The van der Waals surface area contributed by atoms with Gasteiger partial charge in [-0.05, 0) is 19.4 Å². The molecular formula is C13H18N4O2. The van der Waals surface area contributed by atoms with Crippen LogP contribution in [0.4, 0.5) is 11.5 Å². The second-order valence-electron chi connectivity index (χ2n) is 4.47. The lowest BCUT2D eigenvalue weighted by Gasteiger charge is -2.14. The van der Waals surface area contributed by atoms with Crippen LogP contribution in [0.5, 0.6) is 0 Å². The third kappa shape index (κ3) is 4.54. The lowest BCUT2D eigenvalue weighted by Crippen LogP contribution is -2.16. The fraction of sp³-hybridized carbons (Fsp3) is 0.538. The second kappa shape index (κ2) is 7.31. The number of hydrogen-bond acceptors (Lipinski definition) is 5. The largest absolute Gasteiger partial charge is 0.368 e. The van der Waals surface area contributed by atoms with Gasteiger partial charge in [0.15, 0.2) is 0 Å². The van der Waals surface area contributed by atoms with Gasteiger partial charge in [0.05, 0.1) is 4.92 Å². The van der Waals surface area contributed by atoms with Gasteiger partial charge in [0, 0.05) is 12.1 Å². The summed E-state index contributed by atoms with van der Waals surface area (Å²) in [5, 5.41) is 22.7. The number of pyridine rings is 1. The molecule has 0 aliphatic carbocycles. The number of nitrogens with zero attached hydrogens (tertiary/aromatic N) is 3. The van der Waals surface area contributed by atoms with E-state index < -0.39 is 4.92 Å². The standard InChI is InChI=1S/C13H18N4O2/c1-3-4-5-6-10(2)15-13-8-7-12(17(18)19)11(9-14)16-13/h7-8,10H,3-6H2,1-2H3,(H,15,16). The van der Waals surface area contributed by atoms with E-state index >= 15 is 0 Å². The Morgan fingerprint density at radius 3 is 2.84 bits per heavy atom. The van der Waals surface area contributed by atoms with Crippen LogP contribution in [-0.4, -0.2) is 15.9 Å². The third-order valence-corrected chi connectivity index (χ3v) is 2.81. The van der Waals surface area contributed by atoms with Crippen LogP contribution in [0.15, 0.2) is 12.1 Å². The Balaban J connectivity index is 2.70. The Kier molecular flexibility index (Phi) is 5.73. The maximum atomic E-state index is 10.7. The molecule has 1 aromatic rings. The summed E-state index contributed by atoms with van der Waals surface area (Å²) in [6.07, 6.45) is 4.49. The lowest BCUT2D eigenvalue weighted by atomic mass is 10.1. The molecule has 1 heterocycles. The van der Waals surface area contributed by atoms with Crippen molar-refractivity contribution in [1.82, 2.24) is 4.98 Å². The zero-order valence-corrected chi connectivity index (χ0v) is 11.2. The van der Waals surface area contributed by atoms with E-state index in [1.165, 1.54) is 25.0 Å². The minimum atomic E-state index is -0.597. The Bertz CT molecular complexity index is 482. The monoisotopic (exact) mass is 262 g/mol. The molecule has 19 heavy (non-hydrogen) atoms. The van der Waals surface area contributed by atoms with E-state index in [1.807, 2.05) is 6.92 Å². The fourth-order valence-electron chi connectivity index (χ4n) is 1.79. The number of anilines is 1. The van der Waals surface area contributed by atoms with E-state index in [-0.39, 0.29) is 17.4 Å². The van der Waals surface area contributed by atoms with Crippen molar-refractivity contribution in [2.75, 3.05) is 5.32 Å². The van der Waals surface area contributed by atoms with Crippen molar-refractivity contribution in [1.29, 1.82) is 5.26 Å². The molecule has 0 saturated carbocycles. The summed E-state index contributed by atoms with van der Waals surface area (Å²) in [5.41, 5.74) is -0.414. The molecule has 0 bridgehead atoms. The van der Waals surface area contributed by atoms with Gasteiger partial charge < -0.3 is 5.32 Å². The van der Waals surface area contributed by atoms with Gasteiger partial charge in [0.2, 0.25) is 5.69 Å². The molecule has 1 aromatic heterocycles. The predicted molar refractivity (Wildman–Crippen MR) is 72.8 cm³/mol. The molecule has 6 heteroatoms. The quantitative estimate of drug-likeness (QED) is 0.462. The van der Waals surface area contributed by atoms with Gasteiger partial charge in [-0.25, -0.2) is 4.98 Å². The number of nitrogens with one attached hydrogen (secondary N) is 1. The first kappa shape index (κ1) is 14.9. The number of rotatable bonds is 7. The van der Waals surface area contributed by atoms with Crippen LogP contribution in [-0.2, 0) is 0 Å². The van der Waals surface area contributed by atoms with E-state index in [4.69, 9.17) is 5.26 Å². The van der Waals surface area contributed by atoms with Gasteiger partial charge in [-0.1, -0.05) is 26.2 Å². The van der Waals surface area contributed by atoms with Gasteiger partial charge in [-0.3, -0.25) is 10.1 Å². The summed E-state index contributed by atoms with van der Waals surface area (Å²) in [5.74, 6) is 0.506. The molecule has 0 aliphatic rings. The van der Waals surface area contributed by atoms with Gasteiger partial charge in [-0.15, -0.1) is 0 Å². The number of hydrogen-bond donors (Lipinski definition) is 1. The highest BCUT2D eigenvalue weighted by atomic mass is 16.6. The minimum absolute atomic E-state index is 0.157. The Hall–Kier alpha value is -2.16. The minimum Gasteiger partial charge on any atom is -0.368 e. The molecule has 0 amide bonds. The van der Waals surface area contributed by atoms with Gasteiger partial charge in [-0.2, -0.15) is 5.26 Å². The maximum absolute atomic E-state index is 10.7. The van der Waals surface area contributed by atoms with Crippen LogP contribution in [0.2, 0.25) is 0 Å². The zero-order chi connectivity index (χ0) is 14.3. The average Bonchev–Trinajstić information content (AvgIpc) is 2.38. The summed E-state index contributed by atoms with van der Waals surface area (Å²) in [4.78, 5) is 14.1. The van der Waals surface area contributed by atoms with Crippen molar-refractivity contribution in [2.45, 2.75) is 45.6 Å². The highest BCUT2D eigenvalue weighted by Gasteiger charge is 2.15. The number of unbranched alkanes of at least 4 members (excludes halogenated alkanes) is 2. The van der Waals surface area contributed by atoms with E-state index in [1.54, 1.807) is 6.07 Å². The van der Waals surface area contributed by atoms with E-state index in [2.05, 4.69) is 17.2 Å². The molecule has 0 aromatic carbocycles. The summed E-state index contributed by atoms with van der Waals surface area (Å²) >= 11 is 0.